The molecule has 14 heavy (non-hydrogen) atoms. The van der Waals surface area contributed by atoms with Crippen LogP contribution in [0.4, 0.5) is 0 Å². The Morgan fingerprint density at radius 2 is 1.93 bits per heavy atom. The zero-order valence-corrected chi connectivity index (χ0v) is 11.0. The van der Waals surface area contributed by atoms with Crippen LogP contribution in [0.1, 0.15) is 15.9 Å². The average molecular weight is 316 g/mol. The van der Waals surface area contributed by atoms with E-state index in [-0.39, 0.29) is 0 Å². The van der Waals surface area contributed by atoms with Crippen LogP contribution in [-0.2, 0) is 0 Å². The average Bonchev–Trinajstić information content (AvgIpc) is 2.07. The van der Waals surface area contributed by atoms with Gasteiger partial charge in [-0.25, -0.2) is 0 Å². The molecule has 0 aliphatic heterocycles. The quantitative estimate of drug-likeness (QED) is 0.557. The maximum absolute atomic E-state index is 11.6. The monoisotopic (exact) mass is 314 g/mol. The van der Waals surface area contributed by atoms with E-state index in [1.165, 1.54) is 0 Å². The molecule has 0 bridgehead atoms. The van der Waals surface area contributed by atoms with E-state index in [2.05, 4.69) is 15.9 Å². The Kier molecular flexibility index (Phi) is 3.87. The molecule has 0 heterocycles. The van der Waals surface area contributed by atoms with Crippen molar-refractivity contribution < 1.29 is 4.79 Å². The van der Waals surface area contributed by atoms with Crippen LogP contribution in [0.2, 0.25) is 0 Å². The van der Waals surface area contributed by atoms with E-state index in [9.17, 15) is 4.79 Å². The molecule has 0 aliphatic carbocycles. The molecule has 0 spiro atoms. The summed E-state index contributed by atoms with van der Waals surface area (Å²) in [7, 11) is 0. The van der Waals surface area contributed by atoms with E-state index in [0.29, 0.717) is 5.56 Å². The summed E-state index contributed by atoms with van der Waals surface area (Å²) in [4.78, 5) is 11.6. The second kappa shape index (κ2) is 4.40. The molecule has 1 aromatic carbocycles. The Labute approximate surface area is 105 Å². The Morgan fingerprint density at radius 3 is 2.43 bits per heavy atom. The fraction of sp³-hybridized carbons (Fsp3) is 0.222. The summed E-state index contributed by atoms with van der Waals surface area (Å²) in [5.74, 6) is -0.513. The minimum Gasteiger partial charge on any atom is -0.289 e. The molecule has 0 unspecified atom stereocenters. The molecule has 0 saturated heterocycles. The van der Waals surface area contributed by atoms with Crippen LogP contribution < -0.4 is 0 Å². The Balaban J connectivity index is 3.21. The second-order valence-electron chi connectivity index (χ2n) is 2.74. The fourth-order valence-electron chi connectivity index (χ4n) is 1.01. The summed E-state index contributed by atoms with van der Waals surface area (Å²) in [6, 6.07) is 5.18. The first-order valence-corrected chi connectivity index (χ1v) is 5.63. The van der Waals surface area contributed by atoms with E-state index in [1.54, 1.807) is 19.1 Å². The minimum absolute atomic E-state index is 0.416. The Hall–Kier alpha value is 0.240. The van der Waals surface area contributed by atoms with Crippen molar-refractivity contribution in [3.63, 3.8) is 0 Å². The molecule has 1 nitrogen and oxygen atoms in total. The molecular formula is C9H6BrCl3O. The van der Waals surface area contributed by atoms with Gasteiger partial charge in [0.05, 0.1) is 0 Å². The van der Waals surface area contributed by atoms with E-state index < -0.39 is 9.58 Å². The lowest BCUT2D eigenvalue weighted by Crippen LogP contribution is -2.19. The van der Waals surface area contributed by atoms with Crippen molar-refractivity contribution in [2.45, 2.75) is 10.7 Å². The molecule has 0 fully saturated rings. The van der Waals surface area contributed by atoms with Gasteiger partial charge in [-0.15, -0.1) is 0 Å². The van der Waals surface area contributed by atoms with Crippen molar-refractivity contribution in [1.82, 2.24) is 0 Å². The maximum Gasteiger partial charge on any atom is 0.253 e. The van der Waals surface area contributed by atoms with Crippen molar-refractivity contribution in [3.05, 3.63) is 33.8 Å². The van der Waals surface area contributed by atoms with Gasteiger partial charge in [-0.3, -0.25) is 4.79 Å². The van der Waals surface area contributed by atoms with Gasteiger partial charge in [-0.2, -0.15) is 0 Å². The summed E-state index contributed by atoms with van der Waals surface area (Å²) in [6.07, 6.45) is 0. The summed E-state index contributed by atoms with van der Waals surface area (Å²) in [6.45, 7) is 1.79. The molecule has 0 N–H and O–H groups in total. The maximum atomic E-state index is 11.6. The van der Waals surface area contributed by atoms with Crippen molar-refractivity contribution in [3.8, 4) is 0 Å². The molecular weight excluding hydrogens is 310 g/mol. The Bertz CT molecular complexity index is 371. The first kappa shape index (κ1) is 12.3. The van der Waals surface area contributed by atoms with Crippen molar-refractivity contribution in [2.75, 3.05) is 0 Å². The lowest BCUT2D eigenvalue weighted by molar-refractivity contribution is 0.0995. The van der Waals surface area contributed by atoms with E-state index in [1.807, 2.05) is 6.07 Å². The zero-order chi connectivity index (χ0) is 10.9. The van der Waals surface area contributed by atoms with Gasteiger partial charge in [0.15, 0.2) is 0 Å². The van der Waals surface area contributed by atoms with Gasteiger partial charge >= 0.3 is 0 Å². The molecule has 1 aromatic rings. The van der Waals surface area contributed by atoms with Crippen LogP contribution in [0.3, 0.4) is 0 Å². The van der Waals surface area contributed by atoms with E-state index in [4.69, 9.17) is 34.8 Å². The van der Waals surface area contributed by atoms with Gasteiger partial charge in [0.25, 0.3) is 3.79 Å². The van der Waals surface area contributed by atoms with Gasteiger partial charge in [-0.1, -0.05) is 62.9 Å². The summed E-state index contributed by atoms with van der Waals surface area (Å²) < 4.78 is -1.08. The summed E-state index contributed by atoms with van der Waals surface area (Å²) >= 11 is 19.8. The highest BCUT2D eigenvalue weighted by Gasteiger charge is 2.32. The highest BCUT2D eigenvalue weighted by atomic mass is 79.9. The van der Waals surface area contributed by atoms with Gasteiger partial charge in [0, 0.05) is 10.0 Å². The number of halogens is 4. The van der Waals surface area contributed by atoms with Crippen LogP contribution in [0, 0.1) is 6.92 Å². The number of Topliss-reactive ketones (excluding diaryl/α,β-unsaturated/α-hetero) is 1. The lowest BCUT2D eigenvalue weighted by Gasteiger charge is -2.12. The van der Waals surface area contributed by atoms with Gasteiger partial charge in [0.2, 0.25) is 5.78 Å². The van der Waals surface area contributed by atoms with Gasteiger partial charge < -0.3 is 0 Å². The Morgan fingerprint density at radius 1 is 1.36 bits per heavy atom. The smallest absolute Gasteiger partial charge is 0.253 e. The number of rotatable bonds is 1. The number of benzene rings is 1. The number of carbonyl (C=O) groups is 1. The molecule has 0 atom stereocenters. The summed E-state index contributed by atoms with van der Waals surface area (Å²) in [5, 5.41) is 0. The molecule has 0 amide bonds. The fourth-order valence-corrected chi connectivity index (χ4v) is 1.68. The standard InChI is InChI=1S/C9H6BrCl3O/c1-5-6(3-2-4-7(5)10)8(14)9(11,12)13/h2-4H,1H3. The predicted molar refractivity (Wildman–Crippen MR) is 63.5 cm³/mol. The van der Waals surface area contributed by atoms with Crippen LogP contribution in [-0.4, -0.2) is 9.58 Å². The molecule has 76 valence electrons. The number of hydrogen-bond acceptors (Lipinski definition) is 1. The van der Waals surface area contributed by atoms with Crippen molar-refractivity contribution >= 4 is 56.5 Å². The molecule has 0 aromatic heterocycles. The van der Waals surface area contributed by atoms with Crippen LogP contribution >= 0.6 is 50.7 Å². The van der Waals surface area contributed by atoms with Crippen LogP contribution in [0.25, 0.3) is 0 Å². The SMILES string of the molecule is Cc1c(Br)cccc1C(=O)C(Cl)(Cl)Cl. The van der Waals surface area contributed by atoms with Gasteiger partial charge in [-0.05, 0) is 18.6 Å². The predicted octanol–water partition coefficient (Wildman–Crippen LogP) is 4.31. The topological polar surface area (TPSA) is 17.1 Å². The first-order valence-electron chi connectivity index (χ1n) is 3.70. The largest absolute Gasteiger partial charge is 0.289 e. The number of carbonyl (C=O) groups excluding carboxylic acids is 1. The number of alkyl halides is 3. The first-order chi connectivity index (χ1) is 6.34. The normalized spacial score (nSPS) is 11.5. The van der Waals surface area contributed by atoms with Crippen LogP contribution in [0.15, 0.2) is 22.7 Å². The highest BCUT2D eigenvalue weighted by molar-refractivity contribution is 9.10. The third kappa shape index (κ3) is 2.63. The third-order valence-electron chi connectivity index (χ3n) is 1.77. The van der Waals surface area contributed by atoms with E-state index >= 15 is 0 Å². The third-order valence-corrected chi connectivity index (χ3v) is 3.14. The molecule has 0 saturated carbocycles. The number of ketones is 1. The second-order valence-corrected chi connectivity index (χ2v) is 5.87. The lowest BCUT2D eigenvalue weighted by atomic mass is 10.1. The molecule has 1 rings (SSSR count). The molecule has 0 radical (unpaired) electrons. The summed E-state index contributed by atoms with van der Waals surface area (Å²) in [5.41, 5.74) is 1.18. The highest BCUT2D eigenvalue weighted by Crippen LogP contribution is 2.32. The van der Waals surface area contributed by atoms with E-state index in [0.717, 1.165) is 10.0 Å². The van der Waals surface area contributed by atoms with Crippen molar-refractivity contribution in [2.24, 2.45) is 0 Å². The zero-order valence-electron chi connectivity index (χ0n) is 7.15. The van der Waals surface area contributed by atoms with Gasteiger partial charge in [0.1, 0.15) is 0 Å². The van der Waals surface area contributed by atoms with Crippen molar-refractivity contribution in [1.29, 1.82) is 0 Å². The molecule has 0 aliphatic rings. The minimum atomic E-state index is -1.90. The molecule has 5 heteroatoms. The van der Waals surface area contributed by atoms with Crippen LogP contribution in [0.5, 0.6) is 0 Å². The number of hydrogen-bond donors (Lipinski definition) is 0.